The fraction of sp³-hybridized carbons (Fsp3) is 0.0667. The van der Waals surface area contributed by atoms with Crippen LogP contribution in [0.25, 0.3) is 22.3 Å². The van der Waals surface area contributed by atoms with Crippen LogP contribution in [-0.4, -0.2) is 17.1 Å². The van der Waals surface area contributed by atoms with Crippen molar-refractivity contribution >= 4 is 50.0 Å². The van der Waals surface area contributed by atoms with Gasteiger partial charge in [0, 0.05) is 15.1 Å². The second-order valence-corrected chi connectivity index (χ2v) is 5.97. The second kappa shape index (κ2) is 5.79. The van der Waals surface area contributed by atoms with E-state index < -0.39 is 0 Å². The average Bonchev–Trinajstić information content (AvgIpc) is 2.48. The monoisotopic (exact) mass is 382 g/mol. The van der Waals surface area contributed by atoms with E-state index in [0.717, 1.165) is 15.4 Å². The highest BCUT2D eigenvalue weighted by molar-refractivity contribution is 9.10. The van der Waals surface area contributed by atoms with Crippen molar-refractivity contribution in [2.24, 2.45) is 0 Å². The Bertz CT molecular complexity index is 822. The van der Waals surface area contributed by atoms with Crippen molar-refractivity contribution in [2.45, 2.75) is 0 Å². The average molecular weight is 384 g/mol. The molecule has 21 heavy (non-hydrogen) atoms. The number of methoxy groups -OCH3 is 1. The van der Waals surface area contributed by atoms with Gasteiger partial charge in [-0.05, 0) is 52.3 Å². The number of hydrogen-bond acceptors (Lipinski definition) is 3. The summed E-state index contributed by atoms with van der Waals surface area (Å²) in [6.45, 7) is 0. The van der Waals surface area contributed by atoms with Gasteiger partial charge in [-0.25, -0.2) is 9.97 Å². The lowest BCUT2D eigenvalue weighted by atomic mass is 10.2. The Labute approximate surface area is 140 Å². The van der Waals surface area contributed by atoms with Gasteiger partial charge in [-0.15, -0.1) is 0 Å². The SMILES string of the molecule is COc1ccc(Br)c2c(Cl)nc(-c3ccc(Cl)cc3)nc12. The molecule has 0 fully saturated rings. The van der Waals surface area contributed by atoms with Crippen LogP contribution in [0.1, 0.15) is 0 Å². The fourth-order valence-corrected chi connectivity index (χ4v) is 3.05. The molecule has 2 aromatic carbocycles. The van der Waals surface area contributed by atoms with Crippen LogP contribution in [0.4, 0.5) is 0 Å². The van der Waals surface area contributed by atoms with Gasteiger partial charge < -0.3 is 4.74 Å². The van der Waals surface area contributed by atoms with Crippen molar-refractivity contribution in [3.8, 4) is 17.1 Å². The number of halogens is 3. The van der Waals surface area contributed by atoms with Crippen molar-refractivity contribution in [3.05, 3.63) is 51.0 Å². The van der Waals surface area contributed by atoms with Gasteiger partial charge in [-0.1, -0.05) is 23.2 Å². The zero-order valence-corrected chi connectivity index (χ0v) is 14.0. The summed E-state index contributed by atoms with van der Waals surface area (Å²) < 4.78 is 6.18. The van der Waals surface area contributed by atoms with Crippen molar-refractivity contribution in [3.63, 3.8) is 0 Å². The van der Waals surface area contributed by atoms with Gasteiger partial charge in [0.15, 0.2) is 5.82 Å². The Kier molecular flexibility index (Phi) is 4.02. The highest BCUT2D eigenvalue weighted by Gasteiger charge is 2.14. The minimum atomic E-state index is 0.371. The molecule has 0 atom stereocenters. The van der Waals surface area contributed by atoms with E-state index in [1.807, 2.05) is 24.3 Å². The van der Waals surface area contributed by atoms with Gasteiger partial charge in [0.25, 0.3) is 0 Å². The van der Waals surface area contributed by atoms with E-state index in [9.17, 15) is 0 Å². The highest BCUT2D eigenvalue weighted by Crippen LogP contribution is 2.35. The maximum atomic E-state index is 6.31. The summed E-state index contributed by atoms with van der Waals surface area (Å²) in [5, 5.41) is 1.76. The third kappa shape index (κ3) is 2.71. The van der Waals surface area contributed by atoms with Crippen LogP contribution in [0.2, 0.25) is 10.2 Å². The Hall–Kier alpha value is -1.36. The quantitative estimate of drug-likeness (QED) is 0.557. The Morgan fingerprint density at radius 1 is 1.00 bits per heavy atom. The standard InChI is InChI=1S/C15H9BrCl2N2O/c1-21-11-7-6-10(16)12-13(11)19-15(20-14(12)18)8-2-4-9(17)5-3-8/h2-7H,1H3. The summed E-state index contributed by atoms with van der Waals surface area (Å²) in [5.74, 6) is 1.17. The fourth-order valence-electron chi connectivity index (χ4n) is 2.03. The minimum Gasteiger partial charge on any atom is -0.494 e. The number of aromatic nitrogens is 2. The van der Waals surface area contributed by atoms with Crippen LogP contribution in [0.15, 0.2) is 40.9 Å². The first-order chi connectivity index (χ1) is 10.1. The van der Waals surface area contributed by atoms with E-state index in [2.05, 4.69) is 25.9 Å². The number of benzene rings is 2. The molecule has 106 valence electrons. The predicted octanol–water partition coefficient (Wildman–Crippen LogP) is 5.37. The molecule has 0 aliphatic carbocycles. The van der Waals surface area contributed by atoms with Crippen LogP contribution < -0.4 is 4.74 Å². The third-order valence-corrected chi connectivity index (χ3v) is 4.23. The van der Waals surface area contributed by atoms with Crippen molar-refractivity contribution < 1.29 is 4.74 Å². The Morgan fingerprint density at radius 3 is 2.38 bits per heavy atom. The van der Waals surface area contributed by atoms with Gasteiger partial charge >= 0.3 is 0 Å². The molecular formula is C15H9BrCl2N2O. The van der Waals surface area contributed by atoms with Crippen molar-refractivity contribution in [2.75, 3.05) is 7.11 Å². The number of nitrogens with zero attached hydrogens (tertiary/aromatic N) is 2. The molecule has 0 aliphatic heterocycles. The van der Waals surface area contributed by atoms with Crippen LogP contribution in [0, 0.1) is 0 Å². The van der Waals surface area contributed by atoms with E-state index >= 15 is 0 Å². The molecule has 1 aromatic heterocycles. The number of ether oxygens (including phenoxy) is 1. The molecule has 0 amide bonds. The van der Waals surface area contributed by atoms with Gasteiger partial charge in [-0.3, -0.25) is 0 Å². The molecule has 0 aliphatic rings. The number of hydrogen-bond donors (Lipinski definition) is 0. The lowest BCUT2D eigenvalue weighted by molar-refractivity contribution is 0.419. The van der Waals surface area contributed by atoms with Crippen LogP contribution in [0.5, 0.6) is 5.75 Å². The first-order valence-corrected chi connectivity index (χ1v) is 7.60. The smallest absolute Gasteiger partial charge is 0.161 e. The van der Waals surface area contributed by atoms with Gasteiger partial charge in [-0.2, -0.15) is 0 Å². The summed E-state index contributed by atoms with van der Waals surface area (Å²) in [6, 6.07) is 11.0. The molecule has 0 spiro atoms. The molecule has 0 radical (unpaired) electrons. The summed E-state index contributed by atoms with van der Waals surface area (Å²) in [6.07, 6.45) is 0. The number of fused-ring (bicyclic) bond motifs is 1. The minimum absolute atomic E-state index is 0.371. The molecule has 0 bridgehead atoms. The molecule has 0 unspecified atom stereocenters. The van der Waals surface area contributed by atoms with Crippen LogP contribution in [-0.2, 0) is 0 Å². The van der Waals surface area contributed by atoms with Crippen LogP contribution >= 0.6 is 39.1 Å². The first-order valence-electron chi connectivity index (χ1n) is 6.06. The molecule has 0 saturated heterocycles. The third-order valence-electron chi connectivity index (χ3n) is 3.04. The van der Waals surface area contributed by atoms with Gasteiger partial charge in [0.2, 0.25) is 0 Å². The summed E-state index contributed by atoms with van der Waals surface area (Å²) in [4.78, 5) is 8.94. The molecule has 3 nitrogen and oxygen atoms in total. The zero-order chi connectivity index (χ0) is 15.0. The lowest BCUT2D eigenvalue weighted by Crippen LogP contribution is -1.95. The van der Waals surface area contributed by atoms with Crippen LogP contribution in [0.3, 0.4) is 0 Å². The number of rotatable bonds is 2. The Balaban J connectivity index is 2.29. The van der Waals surface area contributed by atoms with Gasteiger partial charge in [0.1, 0.15) is 16.4 Å². The van der Waals surface area contributed by atoms with E-state index in [-0.39, 0.29) is 0 Å². The Morgan fingerprint density at radius 2 is 1.71 bits per heavy atom. The van der Waals surface area contributed by atoms with E-state index in [1.165, 1.54) is 0 Å². The lowest BCUT2D eigenvalue weighted by Gasteiger charge is -2.09. The summed E-state index contributed by atoms with van der Waals surface area (Å²) in [5.41, 5.74) is 1.50. The molecular weight excluding hydrogens is 375 g/mol. The summed E-state index contributed by atoms with van der Waals surface area (Å²) in [7, 11) is 1.60. The summed E-state index contributed by atoms with van der Waals surface area (Å²) >= 11 is 15.7. The maximum absolute atomic E-state index is 6.31. The van der Waals surface area contributed by atoms with Crippen molar-refractivity contribution in [1.82, 2.24) is 9.97 Å². The van der Waals surface area contributed by atoms with E-state index in [0.29, 0.717) is 27.3 Å². The zero-order valence-electron chi connectivity index (χ0n) is 10.9. The first kappa shape index (κ1) is 14.6. The molecule has 6 heteroatoms. The molecule has 0 saturated carbocycles. The van der Waals surface area contributed by atoms with Crippen molar-refractivity contribution in [1.29, 1.82) is 0 Å². The molecule has 3 aromatic rings. The maximum Gasteiger partial charge on any atom is 0.161 e. The van der Waals surface area contributed by atoms with E-state index in [4.69, 9.17) is 27.9 Å². The highest BCUT2D eigenvalue weighted by atomic mass is 79.9. The molecule has 3 rings (SSSR count). The second-order valence-electron chi connectivity index (χ2n) is 4.32. The largest absolute Gasteiger partial charge is 0.494 e. The topological polar surface area (TPSA) is 35.0 Å². The molecule has 1 heterocycles. The normalized spacial score (nSPS) is 10.9. The molecule has 0 N–H and O–H groups in total. The van der Waals surface area contributed by atoms with E-state index in [1.54, 1.807) is 19.2 Å². The predicted molar refractivity (Wildman–Crippen MR) is 89.2 cm³/mol. The van der Waals surface area contributed by atoms with Gasteiger partial charge in [0.05, 0.1) is 12.5 Å².